The maximum absolute atomic E-state index is 13.1. The van der Waals surface area contributed by atoms with Crippen molar-refractivity contribution in [1.82, 2.24) is 14.5 Å². The SMILES string of the molecule is Cc1ccc(S(=O)(=O)N2CCC[C@H]2C(=O)NCc2ccc(C(=O)N3CCCCC3)cc2)cc1. The summed E-state index contributed by atoms with van der Waals surface area (Å²) in [6, 6.07) is 13.3. The van der Waals surface area contributed by atoms with E-state index in [-0.39, 0.29) is 23.3 Å². The van der Waals surface area contributed by atoms with Crippen LogP contribution in [0, 0.1) is 6.92 Å². The number of hydrogen-bond acceptors (Lipinski definition) is 4. The molecule has 0 unspecified atom stereocenters. The molecule has 4 rings (SSSR count). The molecule has 0 bridgehead atoms. The Kier molecular flexibility index (Phi) is 7.14. The van der Waals surface area contributed by atoms with Gasteiger partial charge in [-0.1, -0.05) is 29.8 Å². The Labute approximate surface area is 195 Å². The number of piperidine rings is 1. The summed E-state index contributed by atoms with van der Waals surface area (Å²) in [5, 5.41) is 2.88. The van der Waals surface area contributed by atoms with Crippen LogP contribution in [0.3, 0.4) is 0 Å². The van der Waals surface area contributed by atoms with Crippen molar-refractivity contribution in [1.29, 1.82) is 0 Å². The molecule has 2 saturated heterocycles. The third-order valence-electron chi connectivity index (χ3n) is 6.44. The Balaban J connectivity index is 1.37. The monoisotopic (exact) mass is 469 g/mol. The smallest absolute Gasteiger partial charge is 0.253 e. The Bertz CT molecular complexity index is 1090. The highest BCUT2D eigenvalue weighted by atomic mass is 32.2. The summed E-state index contributed by atoms with van der Waals surface area (Å²) in [5.41, 5.74) is 2.50. The fraction of sp³-hybridized carbons (Fsp3) is 0.440. The van der Waals surface area contributed by atoms with E-state index in [1.54, 1.807) is 36.4 Å². The zero-order chi connectivity index (χ0) is 23.4. The van der Waals surface area contributed by atoms with Crippen LogP contribution in [0.4, 0.5) is 0 Å². The van der Waals surface area contributed by atoms with Crippen LogP contribution in [0.2, 0.25) is 0 Å². The molecule has 0 radical (unpaired) electrons. The van der Waals surface area contributed by atoms with E-state index < -0.39 is 16.1 Å². The summed E-state index contributed by atoms with van der Waals surface area (Å²) in [5.74, 6) is -0.246. The molecule has 2 aromatic rings. The van der Waals surface area contributed by atoms with Gasteiger partial charge in [-0.2, -0.15) is 4.31 Å². The van der Waals surface area contributed by atoms with E-state index in [4.69, 9.17) is 0 Å². The summed E-state index contributed by atoms with van der Waals surface area (Å²) in [7, 11) is -3.73. The molecule has 2 fully saturated rings. The molecule has 2 aliphatic heterocycles. The van der Waals surface area contributed by atoms with Crippen LogP contribution in [-0.2, 0) is 21.4 Å². The maximum Gasteiger partial charge on any atom is 0.253 e. The summed E-state index contributed by atoms with van der Waals surface area (Å²) in [6.45, 7) is 4.13. The largest absolute Gasteiger partial charge is 0.351 e. The number of nitrogens with one attached hydrogen (secondary N) is 1. The van der Waals surface area contributed by atoms with Gasteiger partial charge in [0.1, 0.15) is 6.04 Å². The lowest BCUT2D eigenvalue weighted by Gasteiger charge is -2.26. The van der Waals surface area contributed by atoms with Crippen molar-refractivity contribution in [3.63, 3.8) is 0 Å². The number of hydrogen-bond donors (Lipinski definition) is 1. The molecule has 0 spiro atoms. The number of carbonyl (C=O) groups is 2. The molecule has 2 aromatic carbocycles. The van der Waals surface area contributed by atoms with E-state index in [0.717, 1.165) is 37.1 Å². The number of amides is 2. The lowest BCUT2D eigenvalue weighted by Crippen LogP contribution is -2.45. The average Bonchev–Trinajstić information content (AvgIpc) is 3.34. The fourth-order valence-electron chi connectivity index (χ4n) is 4.49. The zero-order valence-corrected chi connectivity index (χ0v) is 19.8. The van der Waals surface area contributed by atoms with Crippen LogP contribution in [-0.4, -0.2) is 55.1 Å². The van der Waals surface area contributed by atoms with Gasteiger partial charge in [-0.25, -0.2) is 8.42 Å². The standard InChI is InChI=1S/C25H31N3O4S/c1-19-7-13-22(14-8-19)33(31,32)28-17-5-6-23(28)24(29)26-18-20-9-11-21(12-10-20)25(30)27-15-3-2-4-16-27/h7-14,23H,2-6,15-18H2,1H3,(H,26,29)/t23-/m0/s1. The van der Waals surface area contributed by atoms with Gasteiger partial charge in [-0.3, -0.25) is 9.59 Å². The zero-order valence-electron chi connectivity index (χ0n) is 19.0. The molecule has 2 heterocycles. The van der Waals surface area contributed by atoms with Gasteiger partial charge in [0.25, 0.3) is 5.91 Å². The summed E-state index contributed by atoms with van der Waals surface area (Å²) in [4.78, 5) is 27.6. The van der Waals surface area contributed by atoms with Crippen molar-refractivity contribution in [2.45, 2.75) is 56.5 Å². The van der Waals surface area contributed by atoms with Crippen molar-refractivity contribution < 1.29 is 18.0 Å². The highest BCUT2D eigenvalue weighted by Crippen LogP contribution is 2.26. The first-order chi connectivity index (χ1) is 15.9. The van der Waals surface area contributed by atoms with E-state index in [2.05, 4.69) is 5.32 Å². The predicted molar refractivity (Wildman–Crippen MR) is 126 cm³/mol. The molecular formula is C25H31N3O4S. The minimum atomic E-state index is -3.73. The second kappa shape index (κ2) is 10.1. The van der Waals surface area contributed by atoms with Crippen LogP contribution in [0.1, 0.15) is 53.6 Å². The fourth-order valence-corrected chi connectivity index (χ4v) is 6.14. The molecule has 0 saturated carbocycles. The lowest BCUT2D eigenvalue weighted by atomic mass is 10.1. The highest BCUT2D eigenvalue weighted by Gasteiger charge is 2.39. The Morgan fingerprint density at radius 3 is 2.24 bits per heavy atom. The number of sulfonamides is 1. The number of carbonyl (C=O) groups excluding carboxylic acids is 2. The summed E-state index contributed by atoms with van der Waals surface area (Å²) >= 11 is 0. The van der Waals surface area contributed by atoms with Gasteiger partial charge in [0.05, 0.1) is 4.90 Å². The van der Waals surface area contributed by atoms with Gasteiger partial charge in [0.2, 0.25) is 15.9 Å². The van der Waals surface area contributed by atoms with Gasteiger partial charge in [0, 0.05) is 31.7 Å². The van der Waals surface area contributed by atoms with Crippen molar-refractivity contribution in [3.8, 4) is 0 Å². The number of likely N-dealkylation sites (tertiary alicyclic amines) is 1. The van der Waals surface area contributed by atoms with Gasteiger partial charge >= 0.3 is 0 Å². The van der Waals surface area contributed by atoms with Crippen LogP contribution in [0.15, 0.2) is 53.4 Å². The number of aryl methyl sites for hydroxylation is 1. The van der Waals surface area contributed by atoms with Crippen LogP contribution >= 0.6 is 0 Å². The third kappa shape index (κ3) is 5.28. The van der Waals surface area contributed by atoms with Gasteiger partial charge in [-0.05, 0) is 68.9 Å². The van der Waals surface area contributed by atoms with E-state index in [1.165, 1.54) is 10.7 Å². The van der Waals surface area contributed by atoms with Crippen molar-refractivity contribution in [3.05, 3.63) is 65.2 Å². The van der Waals surface area contributed by atoms with Crippen molar-refractivity contribution in [2.24, 2.45) is 0 Å². The molecule has 2 aliphatic rings. The highest BCUT2D eigenvalue weighted by molar-refractivity contribution is 7.89. The first-order valence-electron chi connectivity index (χ1n) is 11.6. The Hall–Kier alpha value is -2.71. The van der Waals surface area contributed by atoms with Gasteiger partial charge in [-0.15, -0.1) is 0 Å². The number of rotatable bonds is 6. The predicted octanol–water partition coefficient (Wildman–Crippen LogP) is 3.09. The Morgan fingerprint density at radius 2 is 1.58 bits per heavy atom. The quantitative estimate of drug-likeness (QED) is 0.704. The maximum atomic E-state index is 13.1. The van der Waals surface area contributed by atoms with Gasteiger partial charge < -0.3 is 10.2 Å². The van der Waals surface area contributed by atoms with E-state index in [0.29, 0.717) is 24.9 Å². The molecule has 1 N–H and O–H groups in total. The van der Waals surface area contributed by atoms with Crippen LogP contribution < -0.4 is 5.32 Å². The van der Waals surface area contributed by atoms with Crippen molar-refractivity contribution >= 4 is 21.8 Å². The molecule has 0 aliphatic carbocycles. The molecule has 8 heteroatoms. The van der Waals surface area contributed by atoms with Gasteiger partial charge in [0.15, 0.2) is 0 Å². The third-order valence-corrected chi connectivity index (χ3v) is 8.37. The van der Waals surface area contributed by atoms with Crippen LogP contribution in [0.5, 0.6) is 0 Å². The Morgan fingerprint density at radius 1 is 0.909 bits per heavy atom. The first-order valence-corrected chi connectivity index (χ1v) is 13.0. The van der Waals surface area contributed by atoms with E-state index in [1.807, 2.05) is 24.0 Å². The minimum Gasteiger partial charge on any atom is -0.351 e. The summed E-state index contributed by atoms with van der Waals surface area (Å²) in [6.07, 6.45) is 4.42. The molecule has 7 nitrogen and oxygen atoms in total. The topological polar surface area (TPSA) is 86.8 Å². The molecule has 0 aromatic heterocycles. The average molecular weight is 470 g/mol. The molecular weight excluding hydrogens is 438 g/mol. The second-order valence-corrected chi connectivity index (χ2v) is 10.7. The molecule has 33 heavy (non-hydrogen) atoms. The molecule has 2 amide bonds. The summed E-state index contributed by atoms with van der Waals surface area (Å²) < 4.78 is 27.5. The first kappa shape index (κ1) is 23.4. The minimum absolute atomic E-state index is 0.0493. The van der Waals surface area contributed by atoms with Crippen LogP contribution in [0.25, 0.3) is 0 Å². The second-order valence-electron chi connectivity index (χ2n) is 8.85. The van der Waals surface area contributed by atoms with E-state index >= 15 is 0 Å². The number of benzene rings is 2. The van der Waals surface area contributed by atoms with Crippen molar-refractivity contribution in [2.75, 3.05) is 19.6 Å². The molecule has 1 atom stereocenters. The lowest BCUT2D eigenvalue weighted by molar-refractivity contribution is -0.124. The normalized spacial score (nSPS) is 19.4. The number of nitrogens with zero attached hydrogens (tertiary/aromatic N) is 2. The molecule has 176 valence electrons. The van der Waals surface area contributed by atoms with E-state index in [9.17, 15) is 18.0 Å².